The van der Waals surface area contributed by atoms with Gasteiger partial charge in [-0.3, -0.25) is 9.59 Å². The van der Waals surface area contributed by atoms with Crippen LogP contribution in [0.2, 0.25) is 0 Å². The molecule has 2 amide bonds. The molecule has 148 valence electrons. The maximum atomic E-state index is 13.1. The Bertz CT molecular complexity index is 716. The van der Waals surface area contributed by atoms with Gasteiger partial charge < -0.3 is 15.0 Å². The number of likely N-dealkylation sites (tertiary alicyclic amines) is 1. The molecule has 1 unspecified atom stereocenters. The lowest BCUT2D eigenvalue weighted by Gasteiger charge is -2.34. The van der Waals surface area contributed by atoms with Gasteiger partial charge in [0, 0.05) is 13.1 Å². The van der Waals surface area contributed by atoms with E-state index in [1.54, 1.807) is 12.0 Å². The third kappa shape index (κ3) is 4.36. The third-order valence-corrected chi connectivity index (χ3v) is 5.32. The van der Waals surface area contributed by atoms with E-state index in [0.29, 0.717) is 25.1 Å². The van der Waals surface area contributed by atoms with Crippen molar-refractivity contribution in [2.24, 2.45) is 5.92 Å². The van der Waals surface area contributed by atoms with Crippen molar-refractivity contribution in [3.63, 3.8) is 0 Å². The zero-order chi connectivity index (χ0) is 19.7. The average molecular weight is 384 g/mol. The first kappa shape index (κ1) is 19.5. The molecule has 2 aliphatic rings. The smallest absolute Gasteiger partial charge is 0.405 e. The molecule has 1 aromatic rings. The molecule has 5 nitrogen and oxygen atoms in total. The normalized spacial score (nSPS) is 21.5. The Labute approximate surface area is 155 Å². The van der Waals surface area contributed by atoms with Crippen LogP contribution in [0.15, 0.2) is 24.3 Å². The summed E-state index contributed by atoms with van der Waals surface area (Å²) in [5.41, 5.74) is 0.286. The molecule has 1 saturated heterocycles. The van der Waals surface area contributed by atoms with Gasteiger partial charge in [0.1, 0.15) is 12.3 Å². The first-order valence-electron chi connectivity index (χ1n) is 9.03. The van der Waals surface area contributed by atoms with Gasteiger partial charge in [0.15, 0.2) is 0 Å². The van der Waals surface area contributed by atoms with Crippen molar-refractivity contribution in [2.45, 2.75) is 37.3 Å². The zero-order valence-electron chi connectivity index (χ0n) is 15.1. The molecule has 2 fully saturated rings. The fourth-order valence-corrected chi connectivity index (χ4v) is 3.68. The van der Waals surface area contributed by atoms with E-state index in [-0.39, 0.29) is 12.5 Å². The van der Waals surface area contributed by atoms with Crippen LogP contribution in [0.25, 0.3) is 0 Å². The summed E-state index contributed by atoms with van der Waals surface area (Å²) in [6.07, 6.45) is -1.91. The molecule has 0 aromatic heterocycles. The maximum Gasteiger partial charge on any atom is 0.405 e. The Morgan fingerprint density at radius 3 is 2.70 bits per heavy atom. The summed E-state index contributed by atoms with van der Waals surface area (Å²) in [4.78, 5) is 26.8. The van der Waals surface area contributed by atoms with Crippen LogP contribution in [0.4, 0.5) is 13.2 Å². The fourth-order valence-electron chi connectivity index (χ4n) is 3.68. The van der Waals surface area contributed by atoms with E-state index in [2.05, 4.69) is 0 Å². The molecule has 1 aliphatic heterocycles. The van der Waals surface area contributed by atoms with Gasteiger partial charge in [0.05, 0.1) is 18.4 Å². The largest absolute Gasteiger partial charge is 0.497 e. The van der Waals surface area contributed by atoms with Crippen molar-refractivity contribution in [1.82, 2.24) is 10.2 Å². The molecule has 1 aromatic carbocycles. The van der Waals surface area contributed by atoms with Gasteiger partial charge in [-0.15, -0.1) is 0 Å². The molecule has 1 heterocycles. The van der Waals surface area contributed by atoms with Crippen LogP contribution >= 0.6 is 0 Å². The van der Waals surface area contributed by atoms with Crippen LogP contribution in [-0.4, -0.2) is 49.6 Å². The number of piperidine rings is 1. The minimum absolute atomic E-state index is 0.0518. The number of benzene rings is 1. The van der Waals surface area contributed by atoms with Crippen molar-refractivity contribution in [3.8, 4) is 5.75 Å². The van der Waals surface area contributed by atoms with E-state index < -0.39 is 30.0 Å². The van der Waals surface area contributed by atoms with Crippen LogP contribution in [0.5, 0.6) is 5.75 Å². The van der Waals surface area contributed by atoms with Crippen LogP contribution in [0.3, 0.4) is 0 Å². The van der Waals surface area contributed by atoms with Crippen molar-refractivity contribution in [2.75, 3.05) is 26.7 Å². The molecule has 1 saturated carbocycles. The second kappa shape index (κ2) is 7.40. The Balaban J connectivity index is 1.67. The number of carbonyl (C=O) groups excluding carboxylic acids is 2. The minimum Gasteiger partial charge on any atom is -0.497 e. The van der Waals surface area contributed by atoms with Gasteiger partial charge in [0.25, 0.3) is 0 Å². The standard InChI is InChI=1S/C19H23F3N2O3/c1-27-15-6-2-5-14(10-15)18(7-8-18)17(26)24-9-3-4-13(11-24)16(25)23-12-19(20,21)22/h2,5-6,10,13H,3-4,7-9,11-12H2,1H3,(H,23,25). The van der Waals surface area contributed by atoms with Crippen LogP contribution in [0.1, 0.15) is 31.2 Å². The molecular formula is C19H23F3N2O3. The van der Waals surface area contributed by atoms with E-state index in [1.165, 1.54) is 0 Å². The van der Waals surface area contributed by atoms with E-state index in [9.17, 15) is 22.8 Å². The lowest BCUT2D eigenvalue weighted by Crippen LogP contribution is -2.49. The second-order valence-electron chi connectivity index (χ2n) is 7.24. The van der Waals surface area contributed by atoms with E-state index in [0.717, 1.165) is 18.4 Å². The summed E-state index contributed by atoms with van der Waals surface area (Å²) in [5, 5.41) is 1.93. The lowest BCUT2D eigenvalue weighted by atomic mass is 9.91. The highest BCUT2D eigenvalue weighted by atomic mass is 19.4. The summed E-state index contributed by atoms with van der Waals surface area (Å²) >= 11 is 0. The number of hydrogen-bond donors (Lipinski definition) is 1. The SMILES string of the molecule is COc1cccc(C2(C(=O)N3CCCC(C(=O)NCC(F)(F)F)C3)CC2)c1. The quantitative estimate of drug-likeness (QED) is 0.849. The number of carbonyl (C=O) groups is 2. The first-order chi connectivity index (χ1) is 12.7. The van der Waals surface area contributed by atoms with Crippen LogP contribution in [0, 0.1) is 5.92 Å². The molecule has 0 bridgehead atoms. The molecular weight excluding hydrogens is 361 g/mol. The van der Waals surface area contributed by atoms with Gasteiger partial charge in [-0.25, -0.2) is 0 Å². The number of nitrogens with one attached hydrogen (secondary N) is 1. The van der Waals surface area contributed by atoms with Gasteiger partial charge in [0.2, 0.25) is 11.8 Å². The number of ether oxygens (including phenoxy) is 1. The Morgan fingerprint density at radius 1 is 1.33 bits per heavy atom. The predicted molar refractivity (Wildman–Crippen MR) is 92.3 cm³/mol. The molecule has 3 rings (SSSR count). The number of amides is 2. The van der Waals surface area contributed by atoms with Crippen LogP contribution in [-0.2, 0) is 15.0 Å². The third-order valence-electron chi connectivity index (χ3n) is 5.32. The van der Waals surface area contributed by atoms with Crippen molar-refractivity contribution in [3.05, 3.63) is 29.8 Å². The highest BCUT2D eigenvalue weighted by Crippen LogP contribution is 2.50. The van der Waals surface area contributed by atoms with Gasteiger partial charge >= 0.3 is 6.18 Å². The Hall–Kier alpha value is -2.25. The van der Waals surface area contributed by atoms with E-state index in [1.807, 2.05) is 29.6 Å². The molecule has 27 heavy (non-hydrogen) atoms. The number of methoxy groups -OCH3 is 1. The highest BCUT2D eigenvalue weighted by molar-refractivity contribution is 5.92. The van der Waals surface area contributed by atoms with Crippen molar-refractivity contribution < 1.29 is 27.5 Å². The van der Waals surface area contributed by atoms with E-state index in [4.69, 9.17) is 4.74 Å². The molecule has 8 heteroatoms. The van der Waals surface area contributed by atoms with Gasteiger partial charge in [-0.2, -0.15) is 13.2 Å². The summed E-state index contributed by atoms with van der Waals surface area (Å²) in [7, 11) is 1.56. The summed E-state index contributed by atoms with van der Waals surface area (Å²) in [5.74, 6) is -0.624. The summed E-state index contributed by atoms with van der Waals surface area (Å²) < 4.78 is 42.2. The minimum atomic E-state index is -4.44. The first-order valence-corrected chi connectivity index (χ1v) is 9.03. The fraction of sp³-hybridized carbons (Fsp3) is 0.579. The number of nitrogens with zero attached hydrogens (tertiary/aromatic N) is 1. The highest BCUT2D eigenvalue weighted by Gasteiger charge is 2.53. The molecule has 1 N–H and O–H groups in total. The number of halogens is 3. The second-order valence-corrected chi connectivity index (χ2v) is 7.24. The van der Waals surface area contributed by atoms with Crippen molar-refractivity contribution in [1.29, 1.82) is 0 Å². The Morgan fingerprint density at radius 2 is 2.07 bits per heavy atom. The van der Waals surface area contributed by atoms with E-state index >= 15 is 0 Å². The topological polar surface area (TPSA) is 58.6 Å². The molecule has 0 radical (unpaired) electrons. The maximum absolute atomic E-state index is 13.1. The number of hydrogen-bond acceptors (Lipinski definition) is 3. The Kier molecular flexibility index (Phi) is 5.35. The number of alkyl halides is 3. The van der Waals surface area contributed by atoms with Crippen molar-refractivity contribution >= 4 is 11.8 Å². The zero-order valence-corrected chi connectivity index (χ0v) is 15.1. The molecule has 1 aliphatic carbocycles. The monoisotopic (exact) mass is 384 g/mol. The van der Waals surface area contributed by atoms with Crippen LogP contribution < -0.4 is 10.1 Å². The predicted octanol–water partition coefficient (Wildman–Crippen LogP) is 2.64. The number of rotatable bonds is 5. The summed E-state index contributed by atoms with van der Waals surface area (Å²) in [6, 6.07) is 7.39. The summed E-state index contributed by atoms with van der Waals surface area (Å²) in [6.45, 7) is -0.661. The molecule has 1 atom stereocenters. The molecule has 0 spiro atoms. The lowest BCUT2D eigenvalue weighted by molar-refractivity contribution is -0.144. The average Bonchev–Trinajstić information content (AvgIpc) is 3.47. The van der Waals surface area contributed by atoms with Gasteiger partial charge in [-0.1, -0.05) is 12.1 Å². The van der Waals surface area contributed by atoms with Gasteiger partial charge in [-0.05, 0) is 43.4 Å².